The first-order valence-corrected chi connectivity index (χ1v) is 10.1. The van der Waals surface area contributed by atoms with Crippen LogP contribution in [0.25, 0.3) is 0 Å². The molecule has 0 saturated carbocycles. The summed E-state index contributed by atoms with van der Waals surface area (Å²) in [5, 5.41) is 13.0. The van der Waals surface area contributed by atoms with Gasteiger partial charge in [0.25, 0.3) is 0 Å². The Morgan fingerprint density at radius 3 is 3.00 bits per heavy atom. The largest absolute Gasteiger partial charge is 0.447 e. The van der Waals surface area contributed by atoms with Crippen molar-refractivity contribution >= 4 is 28.3 Å². The number of anilines is 1. The van der Waals surface area contributed by atoms with Gasteiger partial charge in [-0.1, -0.05) is 6.07 Å². The van der Waals surface area contributed by atoms with Gasteiger partial charge < -0.3 is 19.7 Å². The minimum atomic E-state index is -0.401. The van der Waals surface area contributed by atoms with Crippen LogP contribution < -0.4 is 5.32 Å². The summed E-state index contributed by atoms with van der Waals surface area (Å²) in [4.78, 5) is 31.1. The molecule has 152 valence electrons. The maximum absolute atomic E-state index is 12.4. The van der Waals surface area contributed by atoms with Crippen LogP contribution in [-0.2, 0) is 33.7 Å². The second kappa shape index (κ2) is 10.0. The summed E-state index contributed by atoms with van der Waals surface area (Å²) < 4.78 is 10.0. The molecule has 9 heteroatoms. The van der Waals surface area contributed by atoms with Crippen LogP contribution in [0.4, 0.5) is 9.80 Å². The monoisotopic (exact) mass is 414 g/mol. The van der Waals surface area contributed by atoms with Crippen LogP contribution >= 0.6 is 11.3 Å². The molecule has 3 heterocycles. The Hall–Kier alpha value is -2.96. The zero-order chi connectivity index (χ0) is 20.6. The summed E-state index contributed by atoms with van der Waals surface area (Å²) in [6.45, 7) is 1.38. The number of thiophene rings is 1. The van der Waals surface area contributed by atoms with Crippen LogP contribution in [0.1, 0.15) is 28.0 Å². The van der Waals surface area contributed by atoms with Gasteiger partial charge in [0.1, 0.15) is 17.7 Å². The van der Waals surface area contributed by atoms with Gasteiger partial charge in [-0.05, 0) is 30.0 Å². The number of pyridine rings is 1. The number of fused-ring (bicyclic) bond motifs is 1. The van der Waals surface area contributed by atoms with Crippen LogP contribution in [0.5, 0.6) is 0 Å². The summed E-state index contributed by atoms with van der Waals surface area (Å²) in [6, 6.07) is 5.96. The van der Waals surface area contributed by atoms with Crippen molar-refractivity contribution in [1.82, 2.24) is 9.88 Å². The standard InChI is InChI=1S/C20H22N4O4S/c1-27-9-10-28-20(26)24-8-6-15-16(11-21)19(29-17(15)13-24)23-18(25)5-4-14-3-2-7-22-12-14/h2-3,7,12H,4-6,8-10,13H2,1H3,(H,23,25). The van der Waals surface area contributed by atoms with Crippen molar-refractivity contribution in [2.24, 2.45) is 0 Å². The number of carbonyl (C=O) groups excluding carboxylic acids is 2. The summed E-state index contributed by atoms with van der Waals surface area (Å²) in [6.07, 6.45) is 4.46. The van der Waals surface area contributed by atoms with Crippen molar-refractivity contribution in [3.05, 3.63) is 46.1 Å². The second-order valence-corrected chi connectivity index (χ2v) is 7.61. The van der Waals surface area contributed by atoms with Crippen molar-refractivity contribution in [2.75, 3.05) is 32.2 Å². The molecule has 0 unspecified atom stereocenters. The Kier molecular flexibility index (Phi) is 7.16. The zero-order valence-electron chi connectivity index (χ0n) is 16.1. The van der Waals surface area contributed by atoms with E-state index in [9.17, 15) is 14.9 Å². The molecule has 0 saturated heterocycles. The number of nitriles is 1. The molecule has 0 radical (unpaired) electrons. The maximum atomic E-state index is 12.4. The van der Waals surface area contributed by atoms with E-state index in [0.717, 1.165) is 16.0 Å². The maximum Gasteiger partial charge on any atom is 0.410 e. The number of hydrogen-bond acceptors (Lipinski definition) is 7. The minimum Gasteiger partial charge on any atom is -0.447 e. The lowest BCUT2D eigenvalue weighted by Crippen LogP contribution is -2.36. The highest BCUT2D eigenvalue weighted by Crippen LogP contribution is 2.36. The lowest BCUT2D eigenvalue weighted by atomic mass is 10.0. The summed E-state index contributed by atoms with van der Waals surface area (Å²) in [5.74, 6) is -0.153. The number of aryl methyl sites for hydroxylation is 1. The molecular weight excluding hydrogens is 392 g/mol. The number of ether oxygens (including phenoxy) is 2. The number of aromatic nitrogens is 1. The molecule has 0 bridgehead atoms. The second-order valence-electron chi connectivity index (χ2n) is 6.51. The van der Waals surface area contributed by atoms with Gasteiger partial charge in [0.2, 0.25) is 5.91 Å². The number of rotatable bonds is 7. The highest BCUT2D eigenvalue weighted by Gasteiger charge is 2.28. The fourth-order valence-electron chi connectivity index (χ4n) is 3.06. The predicted molar refractivity (Wildman–Crippen MR) is 108 cm³/mol. The van der Waals surface area contributed by atoms with Crippen molar-refractivity contribution in [1.29, 1.82) is 5.26 Å². The van der Waals surface area contributed by atoms with Gasteiger partial charge in [0.15, 0.2) is 0 Å². The van der Waals surface area contributed by atoms with Crippen molar-refractivity contribution < 1.29 is 19.1 Å². The van der Waals surface area contributed by atoms with E-state index in [-0.39, 0.29) is 12.5 Å². The molecule has 8 nitrogen and oxygen atoms in total. The van der Waals surface area contributed by atoms with Gasteiger partial charge in [0.05, 0.1) is 18.7 Å². The van der Waals surface area contributed by atoms with E-state index < -0.39 is 6.09 Å². The number of carbonyl (C=O) groups is 2. The molecule has 1 aliphatic rings. The van der Waals surface area contributed by atoms with Crippen molar-refractivity contribution in [3.8, 4) is 6.07 Å². The van der Waals surface area contributed by atoms with Crippen molar-refractivity contribution in [2.45, 2.75) is 25.8 Å². The molecule has 0 spiro atoms. The topological polar surface area (TPSA) is 105 Å². The number of hydrogen-bond donors (Lipinski definition) is 1. The molecule has 2 amide bonds. The van der Waals surface area contributed by atoms with E-state index in [1.165, 1.54) is 11.3 Å². The van der Waals surface area contributed by atoms with E-state index in [0.29, 0.717) is 49.5 Å². The van der Waals surface area contributed by atoms with Crippen LogP contribution in [0, 0.1) is 11.3 Å². The van der Waals surface area contributed by atoms with E-state index in [4.69, 9.17) is 9.47 Å². The number of nitrogens with one attached hydrogen (secondary N) is 1. The fourth-order valence-corrected chi connectivity index (χ4v) is 4.29. The average Bonchev–Trinajstić information content (AvgIpc) is 3.09. The molecule has 0 fully saturated rings. The average molecular weight is 414 g/mol. The molecule has 0 aromatic carbocycles. The molecule has 29 heavy (non-hydrogen) atoms. The first-order chi connectivity index (χ1) is 14.1. The highest BCUT2D eigenvalue weighted by atomic mass is 32.1. The van der Waals surface area contributed by atoms with E-state index in [1.807, 2.05) is 12.1 Å². The Labute approximate surface area is 173 Å². The number of nitrogens with zero attached hydrogens (tertiary/aromatic N) is 3. The Balaban J connectivity index is 1.62. The lowest BCUT2D eigenvalue weighted by Gasteiger charge is -2.26. The Morgan fingerprint density at radius 1 is 1.41 bits per heavy atom. The normalized spacial score (nSPS) is 12.8. The summed E-state index contributed by atoms with van der Waals surface area (Å²) >= 11 is 1.35. The molecule has 2 aromatic heterocycles. The van der Waals surface area contributed by atoms with Gasteiger partial charge in [-0.2, -0.15) is 5.26 Å². The first kappa shape index (κ1) is 20.8. The third-order valence-electron chi connectivity index (χ3n) is 4.56. The van der Waals surface area contributed by atoms with Gasteiger partial charge in [-0.15, -0.1) is 11.3 Å². The smallest absolute Gasteiger partial charge is 0.410 e. The first-order valence-electron chi connectivity index (χ1n) is 9.26. The van der Waals surface area contributed by atoms with Crippen molar-refractivity contribution in [3.63, 3.8) is 0 Å². The van der Waals surface area contributed by atoms with Crippen LogP contribution in [0.3, 0.4) is 0 Å². The van der Waals surface area contributed by atoms with E-state index in [1.54, 1.807) is 24.4 Å². The van der Waals surface area contributed by atoms with Crippen LogP contribution in [0.2, 0.25) is 0 Å². The number of amides is 2. The zero-order valence-corrected chi connectivity index (χ0v) is 17.0. The van der Waals surface area contributed by atoms with Crippen LogP contribution in [0.15, 0.2) is 24.5 Å². The van der Waals surface area contributed by atoms with E-state index in [2.05, 4.69) is 16.4 Å². The third-order valence-corrected chi connectivity index (χ3v) is 5.69. The van der Waals surface area contributed by atoms with E-state index >= 15 is 0 Å². The van der Waals surface area contributed by atoms with Gasteiger partial charge in [-0.3, -0.25) is 9.78 Å². The van der Waals surface area contributed by atoms with Crippen LogP contribution in [-0.4, -0.2) is 48.8 Å². The predicted octanol–water partition coefficient (Wildman–Crippen LogP) is 2.73. The SMILES string of the molecule is COCCOC(=O)N1CCc2c(sc(NC(=O)CCc3cccnc3)c2C#N)C1. The molecule has 3 rings (SSSR count). The molecule has 0 atom stereocenters. The molecule has 2 aromatic rings. The Morgan fingerprint density at radius 2 is 2.28 bits per heavy atom. The Bertz CT molecular complexity index is 907. The van der Waals surface area contributed by atoms with Gasteiger partial charge in [-0.25, -0.2) is 4.79 Å². The third kappa shape index (κ3) is 5.31. The quantitative estimate of drug-likeness (QED) is 0.699. The summed E-state index contributed by atoms with van der Waals surface area (Å²) in [5.41, 5.74) is 2.38. The van der Waals surface area contributed by atoms with Gasteiger partial charge in [0, 0.05) is 37.3 Å². The van der Waals surface area contributed by atoms with Gasteiger partial charge >= 0.3 is 6.09 Å². The highest BCUT2D eigenvalue weighted by molar-refractivity contribution is 7.16. The molecular formula is C20H22N4O4S. The number of methoxy groups -OCH3 is 1. The molecule has 1 aliphatic heterocycles. The lowest BCUT2D eigenvalue weighted by molar-refractivity contribution is -0.116. The molecule has 0 aliphatic carbocycles. The fraction of sp³-hybridized carbons (Fsp3) is 0.400. The molecule has 1 N–H and O–H groups in total. The minimum absolute atomic E-state index is 0.153. The summed E-state index contributed by atoms with van der Waals surface area (Å²) in [7, 11) is 1.54.